The van der Waals surface area contributed by atoms with E-state index in [2.05, 4.69) is 27.9 Å². The fraction of sp³-hybridized carbons (Fsp3) is 0.882. The van der Waals surface area contributed by atoms with Gasteiger partial charge in [-0.3, -0.25) is 4.99 Å². The molecule has 0 aromatic rings. The molecule has 3 atom stereocenters. The zero-order valence-electron chi connectivity index (χ0n) is 15.4. The highest BCUT2D eigenvalue weighted by Crippen LogP contribution is 2.34. The molecule has 3 N–H and O–H groups in total. The maximum atomic E-state index is 11.6. The Labute approximate surface area is 145 Å². The lowest BCUT2D eigenvalue weighted by Gasteiger charge is -2.22. The Bertz CT molecular complexity index is 448. The van der Waals surface area contributed by atoms with Gasteiger partial charge in [0, 0.05) is 19.6 Å². The van der Waals surface area contributed by atoms with Crippen LogP contribution in [0.4, 0.5) is 4.79 Å². The molecule has 1 amide bonds. The van der Waals surface area contributed by atoms with E-state index in [-0.39, 0.29) is 6.09 Å². The molecule has 24 heavy (non-hydrogen) atoms. The molecule has 0 aliphatic carbocycles. The van der Waals surface area contributed by atoms with Crippen LogP contribution in [-0.4, -0.2) is 55.5 Å². The number of rotatable bonds is 6. The highest BCUT2D eigenvalue weighted by molar-refractivity contribution is 5.80. The first-order valence-corrected chi connectivity index (χ1v) is 9.04. The molecule has 0 radical (unpaired) electrons. The van der Waals surface area contributed by atoms with E-state index in [0.717, 1.165) is 31.8 Å². The number of nitrogens with one attached hydrogen (secondary N) is 3. The van der Waals surface area contributed by atoms with Gasteiger partial charge in [0.15, 0.2) is 5.96 Å². The molecule has 138 valence electrons. The number of nitrogens with zero attached hydrogens (tertiary/aromatic N) is 1. The molecule has 2 aliphatic heterocycles. The molecule has 2 bridgehead atoms. The fourth-order valence-electron chi connectivity index (χ4n) is 3.06. The molecule has 7 heteroatoms. The van der Waals surface area contributed by atoms with Crippen LogP contribution in [0.3, 0.4) is 0 Å². The predicted molar refractivity (Wildman–Crippen MR) is 94.3 cm³/mol. The first-order chi connectivity index (χ1) is 11.4. The molecule has 7 nitrogen and oxygen atoms in total. The Morgan fingerprint density at radius 3 is 2.67 bits per heavy atom. The van der Waals surface area contributed by atoms with Crippen LogP contribution in [0.25, 0.3) is 0 Å². The van der Waals surface area contributed by atoms with E-state index in [9.17, 15) is 4.79 Å². The van der Waals surface area contributed by atoms with Gasteiger partial charge in [0.2, 0.25) is 0 Å². The zero-order chi connectivity index (χ0) is 17.6. The van der Waals surface area contributed by atoms with Gasteiger partial charge in [-0.25, -0.2) is 4.79 Å². The smallest absolute Gasteiger partial charge is 0.407 e. The number of amides is 1. The molecular weight excluding hydrogens is 308 g/mol. The number of alkyl carbamates (subject to hydrolysis) is 1. The zero-order valence-corrected chi connectivity index (χ0v) is 15.4. The summed E-state index contributed by atoms with van der Waals surface area (Å²) in [4.78, 5) is 16.1. The van der Waals surface area contributed by atoms with Crippen molar-refractivity contribution in [3.8, 4) is 0 Å². The Hall–Kier alpha value is -1.50. The summed E-state index contributed by atoms with van der Waals surface area (Å²) in [6.07, 6.45) is 4.53. The summed E-state index contributed by atoms with van der Waals surface area (Å²) in [5.41, 5.74) is -0.465. The minimum Gasteiger partial charge on any atom is -0.444 e. The van der Waals surface area contributed by atoms with Crippen molar-refractivity contribution >= 4 is 12.1 Å². The summed E-state index contributed by atoms with van der Waals surface area (Å²) in [6, 6.07) is 0.362. The summed E-state index contributed by atoms with van der Waals surface area (Å²) in [5.74, 6) is 0.830. The van der Waals surface area contributed by atoms with Gasteiger partial charge in [0.05, 0.1) is 18.2 Å². The molecule has 2 heterocycles. The summed E-state index contributed by atoms with van der Waals surface area (Å²) in [5, 5.41) is 9.50. The van der Waals surface area contributed by atoms with Gasteiger partial charge in [-0.15, -0.1) is 0 Å². The van der Waals surface area contributed by atoms with Crippen molar-refractivity contribution in [3.05, 3.63) is 0 Å². The Balaban J connectivity index is 1.66. The topological polar surface area (TPSA) is 84.0 Å². The summed E-state index contributed by atoms with van der Waals surface area (Å²) in [7, 11) is 0. The van der Waals surface area contributed by atoms with Crippen LogP contribution in [-0.2, 0) is 9.47 Å². The van der Waals surface area contributed by atoms with Crippen LogP contribution >= 0.6 is 0 Å². The first-order valence-electron chi connectivity index (χ1n) is 9.04. The van der Waals surface area contributed by atoms with Crippen LogP contribution < -0.4 is 16.0 Å². The van der Waals surface area contributed by atoms with Crippen molar-refractivity contribution in [1.29, 1.82) is 0 Å². The molecule has 0 aromatic carbocycles. The maximum Gasteiger partial charge on any atom is 0.407 e. The largest absolute Gasteiger partial charge is 0.444 e. The third-order valence-electron chi connectivity index (χ3n) is 4.05. The molecular formula is C17H32N4O3. The van der Waals surface area contributed by atoms with Crippen molar-refractivity contribution in [2.45, 2.75) is 77.2 Å². The number of aliphatic imine (C=N–C) groups is 1. The highest BCUT2D eigenvalue weighted by atomic mass is 16.6. The van der Waals surface area contributed by atoms with Crippen molar-refractivity contribution in [2.24, 2.45) is 4.99 Å². The number of guanidine groups is 1. The number of fused-ring (bicyclic) bond motifs is 2. The van der Waals surface area contributed by atoms with E-state index >= 15 is 0 Å². The third-order valence-corrected chi connectivity index (χ3v) is 4.05. The van der Waals surface area contributed by atoms with Gasteiger partial charge in [0.25, 0.3) is 0 Å². The summed E-state index contributed by atoms with van der Waals surface area (Å²) < 4.78 is 11.1. The van der Waals surface area contributed by atoms with E-state index in [1.807, 2.05) is 20.8 Å². The fourth-order valence-corrected chi connectivity index (χ4v) is 3.06. The standard InChI is InChI=1S/C17H32N4O3/c1-5-18-15(21-13-11-12-7-8-14(13)23-12)19-9-6-10-20-16(22)24-17(2,3)4/h12-14H,5-11H2,1-4H3,(H,20,22)(H2,18,19,21). The molecule has 2 fully saturated rings. The van der Waals surface area contributed by atoms with E-state index < -0.39 is 5.60 Å². The second kappa shape index (κ2) is 8.55. The summed E-state index contributed by atoms with van der Waals surface area (Å²) >= 11 is 0. The minimum atomic E-state index is -0.465. The molecule has 0 spiro atoms. The van der Waals surface area contributed by atoms with Crippen LogP contribution in [0.5, 0.6) is 0 Å². The van der Waals surface area contributed by atoms with Gasteiger partial charge in [-0.05, 0) is 53.4 Å². The highest BCUT2D eigenvalue weighted by Gasteiger charge is 2.41. The lowest BCUT2D eigenvalue weighted by molar-refractivity contribution is 0.0527. The van der Waals surface area contributed by atoms with Crippen LogP contribution in [0.15, 0.2) is 4.99 Å². The van der Waals surface area contributed by atoms with Crippen molar-refractivity contribution in [1.82, 2.24) is 16.0 Å². The van der Waals surface area contributed by atoms with E-state index in [1.54, 1.807) is 0 Å². The number of ether oxygens (including phenoxy) is 2. The van der Waals surface area contributed by atoms with Crippen molar-refractivity contribution in [2.75, 3.05) is 19.6 Å². The number of carbonyl (C=O) groups excluding carboxylic acids is 1. The van der Waals surface area contributed by atoms with E-state index in [4.69, 9.17) is 9.47 Å². The molecule has 2 saturated heterocycles. The molecule has 3 unspecified atom stereocenters. The van der Waals surface area contributed by atoms with Crippen molar-refractivity contribution < 1.29 is 14.3 Å². The molecule has 2 rings (SSSR count). The Kier molecular flexibility index (Phi) is 6.71. The van der Waals surface area contributed by atoms with Gasteiger partial charge in [-0.1, -0.05) is 0 Å². The van der Waals surface area contributed by atoms with Gasteiger partial charge in [-0.2, -0.15) is 0 Å². The van der Waals surface area contributed by atoms with Crippen LogP contribution in [0, 0.1) is 0 Å². The number of carbonyl (C=O) groups is 1. The number of hydrogen-bond acceptors (Lipinski definition) is 4. The normalized spacial score (nSPS) is 26.3. The van der Waals surface area contributed by atoms with Crippen molar-refractivity contribution in [3.63, 3.8) is 0 Å². The molecule has 0 aromatic heterocycles. The summed E-state index contributed by atoms with van der Waals surface area (Å²) in [6.45, 7) is 9.63. The maximum absolute atomic E-state index is 11.6. The minimum absolute atomic E-state index is 0.327. The average Bonchev–Trinajstić information content (AvgIpc) is 3.07. The number of hydrogen-bond donors (Lipinski definition) is 3. The lowest BCUT2D eigenvalue weighted by atomic mass is 9.96. The van der Waals surface area contributed by atoms with Gasteiger partial charge in [0.1, 0.15) is 5.60 Å². The third kappa shape index (κ3) is 6.19. The Morgan fingerprint density at radius 2 is 2.08 bits per heavy atom. The predicted octanol–water partition coefficient (Wildman–Crippen LogP) is 1.78. The second-order valence-corrected chi connectivity index (χ2v) is 7.40. The monoisotopic (exact) mass is 340 g/mol. The molecule has 0 saturated carbocycles. The van der Waals surface area contributed by atoms with Crippen LogP contribution in [0.1, 0.15) is 53.4 Å². The SMILES string of the molecule is CCNC(=NCCCNC(=O)OC(C)(C)C)NC1CC2CCC1O2. The van der Waals surface area contributed by atoms with Crippen LogP contribution in [0.2, 0.25) is 0 Å². The second-order valence-electron chi connectivity index (χ2n) is 7.40. The lowest BCUT2D eigenvalue weighted by Crippen LogP contribution is -2.47. The van der Waals surface area contributed by atoms with E-state index in [0.29, 0.717) is 31.3 Å². The average molecular weight is 340 g/mol. The molecule has 2 aliphatic rings. The van der Waals surface area contributed by atoms with Gasteiger partial charge >= 0.3 is 6.09 Å². The Morgan fingerprint density at radius 1 is 1.29 bits per heavy atom. The first kappa shape index (κ1) is 18.8. The quantitative estimate of drug-likeness (QED) is 0.390. The van der Waals surface area contributed by atoms with E-state index in [1.165, 1.54) is 6.42 Å². The van der Waals surface area contributed by atoms with Gasteiger partial charge < -0.3 is 25.4 Å².